The average Bonchev–Trinajstić information content (AvgIpc) is 3.42. The number of piperidine rings is 1. The van der Waals surface area contributed by atoms with Gasteiger partial charge in [-0.05, 0) is 37.6 Å². The Balaban J connectivity index is 1.34. The molecule has 0 aromatic rings. The molecule has 9 nitrogen and oxygen atoms in total. The molecule has 0 spiro atoms. The van der Waals surface area contributed by atoms with Crippen LogP contribution in [0.5, 0.6) is 0 Å². The molecule has 0 radical (unpaired) electrons. The molecule has 4 rings (SSSR count). The molecular formula is C18H31N7O2. The van der Waals surface area contributed by atoms with Gasteiger partial charge in [0, 0.05) is 32.7 Å². The minimum absolute atomic E-state index is 0.0267. The number of amides is 1. The maximum absolute atomic E-state index is 13.0. The third-order valence-corrected chi connectivity index (χ3v) is 6.12. The van der Waals surface area contributed by atoms with Gasteiger partial charge in [0.05, 0.1) is 36.5 Å². The highest BCUT2D eigenvalue weighted by atomic mass is 16.5. The summed E-state index contributed by atoms with van der Waals surface area (Å²) in [7, 11) is 0. The molecule has 0 bridgehead atoms. The summed E-state index contributed by atoms with van der Waals surface area (Å²) in [5.41, 5.74) is 9.44. The summed E-state index contributed by atoms with van der Waals surface area (Å²) < 4.78 is 6.10. The minimum Gasteiger partial charge on any atom is -0.376 e. The van der Waals surface area contributed by atoms with Crippen molar-refractivity contribution in [2.75, 3.05) is 32.8 Å². The number of nitrogens with zero attached hydrogens (tertiary/aromatic N) is 2. The summed E-state index contributed by atoms with van der Waals surface area (Å²) in [6, 6.07) is 2.19. The molecule has 0 aromatic heterocycles. The standard InChI is InChI=1S/C18H31N7O2/c19-5-3-12-7-22-17-15(16(20)24-25(17)9-12)18(26)23-13-8-21-6-4-14(13)27-10-11-1-2-11/h11-17,21-22,24H,1-4,6-10,20H2,(H,23,26). The van der Waals surface area contributed by atoms with Gasteiger partial charge in [-0.3, -0.25) is 10.1 Å². The molecule has 3 heterocycles. The fraction of sp³-hybridized carbons (Fsp3) is 0.889. The van der Waals surface area contributed by atoms with Crippen LogP contribution in [0, 0.1) is 29.1 Å². The van der Waals surface area contributed by atoms with Crippen molar-refractivity contribution in [3.8, 4) is 6.07 Å². The van der Waals surface area contributed by atoms with E-state index < -0.39 is 6.17 Å². The van der Waals surface area contributed by atoms with Crippen molar-refractivity contribution in [2.45, 2.75) is 50.2 Å². The molecule has 150 valence electrons. The van der Waals surface area contributed by atoms with Crippen LogP contribution in [0.25, 0.3) is 0 Å². The minimum atomic E-state index is -0.439. The van der Waals surface area contributed by atoms with E-state index >= 15 is 0 Å². The lowest BCUT2D eigenvalue weighted by Crippen LogP contribution is -2.60. The molecule has 1 aliphatic carbocycles. The van der Waals surface area contributed by atoms with Crippen LogP contribution in [0.4, 0.5) is 0 Å². The summed E-state index contributed by atoms with van der Waals surface area (Å²) in [4.78, 5) is 13.0. The third kappa shape index (κ3) is 4.42. The number of fused-ring (bicyclic) bond motifs is 1. The number of hydrogen-bond donors (Lipinski definition) is 5. The lowest BCUT2D eigenvalue weighted by molar-refractivity contribution is -0.129. The normalized spacial score (nSPS) is 39.6. The predicted octanol–water partition coefficient (Wildman–Crippen LogP) is -1.56. The van der Waals surface area contributed by atoms with Gasteiger partial charge in [0.15, 0.2) is 0 Å². The van der Waals surface area contributed by atoms with Crippen molar-refractivity contribution in [1.29, 1.82) is 5.26 Å². The molecule has 6 atom stereocenters. The number of nitrogens with one attached hydrogen (secondary N) is 4. The fourth-order valence-electron chi connectivity index (χ4n) is 4.35. The Kier molecular flexibility index (Phi) is 5.92. The number of carbonyl (C=O) groups excluding carboxylic acids is 1. The Labute approximate surface area is 160 Å². The van der Waals surface area contributed by atoms with E-state index in [2.05, 4.69) is 27.4 Å². The van der Waals surface area contributed by atoms with Gasteiger partial charge < -0.3 is 21.1 Å². The summed E-state index contributed by atoms with van der Waals surface area (Å²) >= 11 is 0. The molecule has 27 heavy (non-hydrogen) atoms. The van der Waals surface area contributed by atoms with E-state index in [-0.39, 0.29) is 36.1 Å². The smallest absolute Gasteiger partial charge is 0.229 e. The first-order valence-corrected chi connectivity index (χ1v) is 10.2. The zero-order chi connectivity index (χ0) is 18.8. The van der Waals surface area contributed by atoms with Gasteiger partial charge in [-0.1, -0.05) is 0 Å². The van der Waals surface area contributed by atoms with E-state index in [4.69, 9.17) is 15.7 Å². The lowest BCUT2D eigenvalue weighted by atomic mass is 9.96. The van der Waals surface area contributed by atoms with Crippen LogP contribution < -0.4 is 27.1 Å². The molecule has 3 aliphatic heterocycles. The molecule has 1 saturated carbocycles. The molecule has 4 aliphatic rings. The Bertz CT molecular complexity index is 579. The number of hydrazine groups is 1. The van der Waals surface area contributed by atoms with E-state index in [1.54, 1.807) is 0 Å². The van der Waals surface area contributed by atoms with Crippen molar-refractivity contribution in [2.24, 2.45) is 23.5 Å². The van der Waals surface area contributed by atoms with Gasteiger partial charge in [-0.2, -0.15) is 5.26 Å². The number of hydrogen-bond acceptors (Lipinski definition) is 8. The number of nitriles is 1. The van der Waals surface area contributed by atoms with Crippen LogP contribution in [0.15, 0.2) is 0 Å². The Morgan fingerprint density at radius 2 is 2.15 bits per heavy atom. The Hall–Kier alpha value is -1.28. The van der Waals surface area contributed by atoms with Crippen molar-refractivity contribution >= 4 is 5.91 Å². The second-order valence-electron chi connectivity index (χ2n) is 8.34. The van der Waals surface area contributed by atoms with Crippen LogP contribution in [-0.2, 0) is 9.53 Å². The molecule has 0 aromatic carbocycles. The first kappa shape index (κ1) is 19.1. The van der Waals surface area contributed by atoms with Crippen molar-refractivity contribution < 1.29 is 9.53 Å². The number of ether oxygens (including phenoxy) is 1. The fourth-order valence-corrected chi connectivity index (χ4v) is 4.35. The largest absolute Gasteiger partial charge is 0.376 e. The van der Waals surface area contributed by atoms with Crippen LogP contribution in [0.1, 0.15) is 25.7 Å². The summed E-state index contributed by atoms with van der Waals surface area (Å²) in [5, 5.41) is 20.8. The van der Waals surface area contributed by atoms with E-state index in [0.717, 1.165) is 39.2 Å². The average molecular weight is 377 g/mol. The highest BCUT2D eigenvalue weighted by Crippen LogP contribution is 2.30. The second-order valence-corrected chi connectivity index (χ2v) is 8.34. The van der Waals surface area contributed by atoms with E-state index in [0.29, 0.717) is 12.3 Å². The molecule has 3 saturated heterocycles. The number of nitrogens with two attached hydrogens (primary N) is 1. The third-order valence-electron chi connectivity index (χ3n) is 6.12. The van der Waals surface area contributed by atoms with Gasteiger partial charge in [0.25, 0.3) is 0 Å². The van der Waals surface area contributed by atoms with Crippen molar-refractivity contribution in [1.82, 2.24) is 26.4 Å². The van der Waals surface area contributed by atoms with Crippen molar-refractivity contribution in [3.63, 3.8) is 0 Å². The van der Waals surface area contributed by atoms with Crippen LogP contribution in [0.2, 0.25) is 0 Å². The highest BCUT2D eigenvalue weighted by molar-refractivity contribution is 5.80. The molecule has 9 heteroatoms. The summed E-state index contributed by atoms with van der Waals surface area (Å²) in [6.07, 6.45) is 3.43. The second kappa shape index (κ2) is 8.39. The van der Waals surface area contributed by atoms with Crippen LogP contribution >= 0.6 is 0 Å². The maximum Gasteiger partial charge on any atom is 0.229 e. The lowest BCUT2D eigenvalue weighted by Gasteiger charge is -2.37. The molecular weight excluding hydrogens is 346 g/mol. The summed E-state index contributed by atoms with van der Waals surface area (Å²) in [5.74, 6) is 0.544. The van der Waals surface area contributed by atoms with Gasteiger partial charge in [-0.15, -0.1) is 0 Å². The molecule has 6 unspecified atom stereocenters. The van der Waals surface area contributed by atoms with Crippen LogP contribution in [0.3, 0.4) is 0 Å². The molecule has 1 amide bonds. The first-order valence-electron chi connectivity index (χ1n) is 10.2. The monoisotopic (exact) mass is 377 g/mol. The number of rotatable bonds is 6. The van der Waals surface area contributed by atoms with E-state index in [1.165, 1.54) is 12.8 Å². The Morgan fingerprint density at radius 3 is 2.93 bits per heavy atom. The van der Waals surface area contributed by atoms with E-state index in [9.17, 15) is 4.79 Å². The zero-order valence-electron chi connectivity index (χ0n) is 15.7. The zero-order valence-corrected chi connectivity index (χ0v) is 15.7. The topological polar surface area (TPSA) is 127 Å². The van der Waals surface area contributed by atoms with E-state index in [1.807, 2.05) is 5.01 Å². The van der Waals surface area contributed by atoms with Gasteiger partial charge in [0.2, 0.25) is 5.91 Å². The van der Waals surface area contributed by atoms with Gasteiger partial charge in [-0.25, -0.2) is 10.4 Å². The first-order chi connectivity index (χ1) is 13.2. The quantitative estimate of drug-likeness (QED) is 0.376. The SMILES string of the molecule is N#CCC1CNC2C(C(=O)NC3CNCCC3OCC3CC3)C(N)NN2C1. The Morgan fingerprint density at radius 1 is 1.30 bits per heavy atom. The van der Waals surface area contributed by atoms with Crippen molar-refractivity contribution in [3.05, 3.63) is 0 Å². The maximum atomic E-state index is 13.0. The molecule has 4 fully saturated rings. The van der Waals surface area contributed by atoms with Gasteiger partial charge >= 0.3 is 0 Å². The predicted molar refractivity (Wildman–Crippen MR) is 98.7 cm³/mol. The van der Waals surface area contributed by atoms with Crippen LogP contribution in [-0.4, -0.2) is 68.2 Å². The highest BCUT2D eigenvalue weighted by Gasteiger charge is 2.47. The number of carbonyl (C=O) groups is 1. The summed E-state index contributed by atoms with van der Waals surface area (Å²) in [6.45, 7) is 3.90. The van der Waals surface area contributed by atoms with Gasteiger partial charge in [0.1, 0.15) is 0 Å². The molecule has 6 N–H and O–H groups in total.